The summed E-state index contributed by atoms with van der Waals surface area (Å²) >= 11 is 5.82. The maximum atomic E-state index is 12.1. The number of nitrogens with one attached hydrogen (secondary N) is 1. The molecule has 7 nitrogen and oxygen atoms in total. The third-order valence-electron chi connectivity index (χ3n) is 6.20. The lowest BCUT2D eigenvalue weighted by molar-refractivity contribution is -0.924. The number of carbonyl (C=O) groups is 1. The summed E-state index contributed by atoms with van der Waals surface area (Å²) in [6, 6.07) is 10.9. The minimum Gasteiger partial charge on any atom is -0.466 e. The third-order valence-corrected chi connectivity index (χ3v) is 6.61. The summed E-state index contributed by atoms with van der Waals surface area (Å²) in [6.07, 6.45) is 4.83. The van der Waals surface area contributed by atoms with Gasteiger partial charge in [0, 0.05) is 11.7 Å². The first kappa shape index (κ1) is 21.1. The smallest absolute Gasteiger partial charge is 0.313 e. The van der Waals surface area contributed by atoms with E-state index in [4.69, 9.17) is 22.1 Å². The molecule has 1 saturated heterocycles. The number of anilines is 1. The van der Waals surface area contributed by atoms with Crippen molar-refractivity contribution in [2.75, 3.05) is 37.7 Å². The van der Waals surface area contributed by atoms with Crippen molar-refractivity contribution < 1.29 is 14.4 Å². The fraction of sp³-hybridized carbons (Fsp3) is 0.591. The van der Waals surface area contributed by atoms with E-state index in [-0.39, 0.29) is 12.4 Å². The van der Waals surface area contributed by atoms with Gasteiger partial charge in [-0.3, -0.25) is 4.79 Å². The topological polar surface area (TPSA) is 56.7 Å². The molecule has 2 heterocycles. The van der Waals surface area contributed by atoms with Crippen LogP contribution in [-0.4, -0.2) is 53.1 Å². The third kappa shape index (κ3) is 4.75. The number of para-hydroxylation sites is 1. The number of ether oxygens (including phenoxy) is 1. The SMILES string of the molecule is CCOC(=O)Cc1nn(C[NH+]2CCN(c3ccccc3)CC2)c(=S)n1C1CCCC1. The van der Waals surface area contributed by atoms with Gasteiger partial charge in [-0.25, -0.2) is 0 Å². The van der Waals surface area contributed by atoms with Crippen molar-refractivity contribution in [2.24, 2.45) is 0 Å². The molecule has 0 atom stereocenters. The summed E-state index contributed by atoms with van der Waals surface area (Å²) in [4.78, 5) is 16.0. The number of hydrogen-bond donors (Lipinski definition) is 1. The van der Waals surface area contributed by atoms with Gasteiger partial charge in [0.25, 0.3) is 0 Å². The molecule has 2 fully saturated rings. The average Bonchev–Trinajstić information content (AvgIpc) is 3.38. The molecule has 1 N–H and O–H groups in total. The number of benzene rings is 1. The molecule has 0 radical (unpaired) electrons. The fourth-order valence-corrected chi connectivity index (χ4v) is 5.01. The molecule has 0 amide bonds. The molecule has 1 aromatic carbocycles. The van der Waals surface area contributed by atoms with Crippen LogP contribution in [0.3, 0.4) is 0 Å². The van der Waals surface area contributed by atoms with Gasteiger partial charge in [0.15, 0.2) is 6.67 Å². The van der Waals surface area contributed by atoms with E-state index in [2.05, 4.69) is 39.8 Å². The summed E-state index contributed by atoms with van der Waals surface area (Å²) in [5.41, 5.74) is 1.29. The standard InChI is InChI=1S/C22H31N5O2S/c1-2-29-21(28)16-20-23-26(22(30)27(20)19-10-6-7-11-19)17-24-12-14-25(15-13-24)18-8-4-3-5-9-18/h3-5,8-9,19H,2,6-7,10-17H2,1H3/p+1. The second kappa shape index (κ2) is 9.75. The maximum absolute atomic E-state index is 12.1. The minimum absolute atomic E-state index is 0.193. The predicted molar refractivity (Wildman–Crippen MR) is 118 cm³/mol. The van der Waals surface area contributed by atoms with Crippen molar-refractivity contribution in [3.8, 4) is 0 Å². The van der Waals surface area contributed by atoms with E-state index in [0.717, 1.165) is 56.3 Å². The Hall–Kier alpha value is -2.19. The molecule has 2 aromatic rings. The van der Waals surface area contributed by atoms with Crippen LogP contribution in [0.2, 0.25) is 0 Å². The Bertz CT molecular complexity index is 896. The Morgan fingerprint density at radius 3 is 2.57 bits per heavy atom. The normalized spacial score (nSPS) is 18.1. The molecule has 1 aliphatic carbocycles. The largest absolute Gasteiger partial charge is 0.466 e. The molecule has 30 heavy (non-hydrogen) atoms. The highest BCUT2D eigenvalue weighted by Gasteiger charge is 2.26. The number of quaternary nitrogens is 1. The van der Waals surface area contributed by atoms with Gasteiger partial charge in [0.05, 0.1) is 32.8 Å². The van der Waals surface area contributed by atoms with Crippen molar-refractivity contribution in [2.45, 2.75) is 51.7 Å². The first-order valence-corrected chi connectivity index (χ1v) is 11.5. The lowest BCUT2D eigenvalue weighted by Gasteiger charge is -2.33. The molecule has 0 unspecified atom stereocenters. The summed E-state index contributed by atoms with van der Waals surface area (Å²) in [5.74, 6) is 0.528. The number of aromatic nitrogens is 3. The van der Waals surface area contributed by atoms with Crippen LogP contribution in [0, 0.1) is 4.77 Å². The van der Waals surface area contributed by atoms with Crippen molar-refractivity contribution in [1.82, 2.24) is 14.3 Å². The first-order chi connectivity index (χ1) is 14.7. The quantitative estimate of drug-likeness (QED) is 0.538. The molecule has 1 aromatic heterocycles. The summed E-state index contributed by atoms with van der Waals surface area (Å²) in [7, 11) is 0. The van der Waals surface area contributed by atoms with Crippen LogP contribution in [0.5, 0.6) is 0 Å². The molecular formula is C22H32N5O2S+. The zero-order valence-electron chi connectivity index (χ0n) is 17.8. The van der Waals surface area contributed by atoms with Gasteiger partial charge >= 0.3 is 5.97 Å². The van der Waals surface area contributed by atoms with Crippen LogP contribution in [0.4, 0.5) is 5.69 Å². The molecule has 1 saturated carbocycles. The number of hydrogen-bond acceptors (Lipinski definition) is 5. The number of carbonyl (C=O) groups excluding carboxylic acids is 1. The van der Waals surface area contributed by atoms with Crippen molar-refractivity contribution in [1.29, 1.82) is 0 Å². The van der Waals surface area contributed by atoms with Gasteiger partial charge in [-0.15, -0.1) is 0 Å². The van der Waals surface area contributed by atoms with Crippen LogP contribution in [-0.2, 0) is 22.6 Å². The molecule has 4 rings (SSSR count). The van der Waals surface area contributed by atoms with Gasteiger partial charge in [-0.1, -0.05) is 31.0 Å². The van der Waals surface area contributed by atoms with Crippen molar-refractivity contribution >= 4 is 23.9 Å². The van der Waals surface area contributed by atoms with E-state index >= 15 is 0 Å². The van der Waals surface area contributed by atoms with Crippen molar-refractivity contribution in [3.05, 3.63) is 40.9 Å². The van der Waals surface area contributed by atoms with Gasteiger partial charge in [-0.2, -0.15) is 9.78 Å². The van der Waals surface area contributed by atoms with E-state index in [1.807, 2.05) is 11.6 Å². The highest BCUT2D eigenvalue weighted by Crippen LogP contribution is 2.31. The van der Waals surface area contributed by atoms with Crippen LogP contribution in [0.1, 0.15) is 44.5 Å². The number of rotatable bonds is 7. The lowest BCUT2D eigenvalue weighted by atomic mass is 10.2. The zero-order valence-corrected chi connectivity index (χ0v) is 18.6. The van der Waals surface area contributed by atoms with E-state index in [1.54, 1.807) is 0 Å². The lowest BCUT2D eigenvalue weighted by Crippen LogP contribution is -3.14. The number of nitrogens with zero attached hydrogens (tertiary/aromatic N) is 4. The molecule has 0 bridgehead atoms. The van der Waals surface area contributed by atoms with E-state index < -0.39 is 0 Å². The van der Waals surface area contributed by atoms with Crippen LogP contribution in [0.15, 0.2) is 30.3 Å². The highest BCUT2D eigenvalue weighted by atomic mass is 32.1. The Kier molecular flexibility index (Phi) is 6.84. The van der Waals surface area contributed by atoms with Gasteiger partial charge in [0.1, 0.15) is 12.2 Å². The Morgan fingerprint density at radius 1 is 1.20 bits per heavy atom. The molecule has 162 valence electrons. The van der Waals surface area contributed by atoms with E-state index in [9.17, 15) is 4.79 Å². The summed E-state index contributed by atoms with van der Waals surface area (Å²) < 4.78 is 10.00. The van der Waals surface area contributed by atoms with Crippen LogP contribution < -0.4 is 9.80 Å². The summed E-state index contributed by atoms with van der Waals surface area (Å²) in [5, 5.41) is 4.79. The number of piperazine rings is 1. The van der Waals surface area contributed by atoms with E-state index in [1.165, 1.54) is 23.4 Å². The first-order valence-electron chi connectivity index (χ1n) is 11.1. The zero-order chi connectivity index (χ0) is 20.9. The highest BCUT2D eigenvalue weighted by molar-refractivity contribution is 7.71. The summed E-state index contributed by atoms with van der Waals surface area (Å²) in [6.45, 7) is 7.09. The average molecular weight is 431 g/mol. The fourth-order valence-electron chi connectivity index (χ4n) is 4.65. The van der Waals surface area contributed by atoms with Crippen LogP contribution >= 0.6 is 12.2 Å². The molecular weight excluding hydrogens is 398 g/mol. The molecule has 2 aliphatic rings. The Labute approximate surface area is 183 Å². The van der Waals surface area contributed by atoms with Crippen molar-refractivity contribution in [3.63, 3.8) is 0 Å². The molecule has 1 aliphatic heterocycles. The maximum Gasteiger partial charge on any atom is 0.313 e. The van der Waals surface area contributed by atoms with Crippen LogP contribution in [0.25, 0.3) is 0 Å². The Balaban J connectivity index is 1.46. The van der Waals surface area contributed by atoms with Gasteiger partial charge < -0.3 is 19.1 Å². The second-order valence-corrected chi connectivity index (χ2v) is 8.58. The molecule has 8 heteroatoms. The van der Waals surface area contributed by atoms with Gasteiger partial charge in [-0.05, 0) is 44.1 Å². The van der Waals surface area contributed by atoms with Gasteiger partial charge in [0.2, 0.25) is 4.77 Å². The van der Waals surface area contributed by atoms with E-state index in [0.29, 0.717) is 12.6 Å². The minimum atomic E-state index is -0.229. The predicted octanol–water partition coefficient (Wildman–Crippen LogP) is 2.00. The number of esters is 1. The molecule has 0 spiro atoms. The second-order valence-electron chi connectivity index (χ2n) is 8.22. The Morgan fingerprint density at radius 2 is 1.90 bits per heavy atom. The monoisotopic (exact) mass is 430 g/mol.